The van der Waals surface area contributed by atoms with Crippen molar-refractivity contribution in [2.45, 2.75) is 4.90 Å². The number of benzene rings is 1. The molecule has 0 aliphatic heterocycles. The Morgan fingerprint density at radius 2 is 1.83 bits per heavy atom. The van der Waals surface area contributed by atoms with Crippen LogP contribution in [0.15, 0.2) is 61.5 Å². The summed E-state index contributed by atoms with van der Waals surface area (Å²) in [6.07, 6.45) is 1.28. The lowest BCUT2D eigenvalue weighted by Gasteiger charge is -2.11. The molecular formula is C14H11Cl2NO5S. The normalized spacial score (nSPS) is 10.9. The number of ether oxygens (including phenoxy) is 1. The number of nitrogens with one attached hydrogen (secondary N) is 1. The third-order valence-electron chi connectivity index (χ3n) is 2.78. The minimum Gasteiger partial charge on any atom is -0.497 e. The highest BCUT2D eigenvalue weighted by molar-refractivity contribution is 7.95. The van der Waals surface area contributed by atoms with Crippen LogP contribution < -0.4 is 10.1 Å². The fraction of sp³-hybridized carbons (Fsp3) is 0.0714. The molecule has 23 heavy (non-hydrogen) atoms. The Morgan fingerprint density at radius 3 is 2.30 bits per heavy atom. The van der Waals surface area contributed by atoms with E-state index >= 15 is 0 Å². The predicted molar refractivity (Wildman–Crippen MR) is 85.1 cm³/mol. The predicted octanol–water partition coefficient (Wildman–Crippen LogP) is 3.10. The highest BCUT2D eigenvalue weighted by atomic mass is 35.5. The first-order valence-electron chi connectivity index (χ1n) is 6.15. The van der Waals surface area contributed by atoms with Crippen molar-refractivity contribution in [3.63, 3.8) is 0 Å². The van der Waals surface area contributed by atoms with Crippen LogP contribution in [-0.4, -0.2) is 21.4 Å². The van der Waals surface area contributed by atoms with E-state index < -0.39 is 25.3 Å². The first-order valence-corrected chi connectivity index (χ1v) is 8.39. The molecule has 1 aromatic heterocycles. The molecular weight excluding hydrogens is 365 g/mol. The fourth-order valence-corrected chi connectivity index (χ4v) is 3.53. The van der Waals surface area contributed by atoms with Crippen LogP contribution in [0.3, 0.4) is 0 Å². The molecule has 9 heteroatoms. The molecule has 0 saturated heterocycles. The second-order valence-electron chi connectivity index (χ2n) is 4.20. The summed E-state index contributed by atoms with van der Waals surface area (Å²) in [6.45, 7) is 0. The molecule has 0 aliphatic rings. The van der Waals surface area contributed by atoms with E-state index in [2.05, 4.69) is 5.32 Å². The molecule has 1 heterocycles. The molecule has 1 amide bonds. The van der Waals surface area contributed by atoms with Crippen molar-refractivity contribution in [1.29, 1.82) is 0 Å². The van der Waals surface area contributed by atoms with Crippen LogP contribution in [0.5, 0.6) is 5.75 Å². The second kappa shape index (κ2) is 7.08. The van der Waals surface area contributed by atoms with Gasteiger partial charge in [0.2, 0.25) is 9.84 Å². The van der Waals surface area contributed by atoms with E-state index in [-0.39, 0.29) is 10.7 Å². The zero-order valence-electron chi connectivity index (χ0n) is 11.7. The van der Waals surface area contributed by atoms with Gasteiger partial charge in [-0.1, -0.05) is 23.2 Å². The van der Waals surface area contributed by atoms with Gasteiger partial charge in [-0.2, -0.15) is 0 Å². The summed E-state index contributed by atoms with van der Waals surface area (Å²) in [6, 6.07) is 8.39. The molecule has 0 atom stereocenters. The summed E-state index contributed by atoms with van der Waals surface area (Å²) in [5.41, 5.74) is 0. The van der Waals surface area contributed by atoms with Crippen LogP contribution >= 0.6 is 23.2 Å². The van der Waals surface area contributed by atoms with Crippen molar-refractivity contribution in [3.8, 4) is 5.75 Å². The van der Waals surface area contributed by atoms with Crippen molar-refractivity contribution >= 4 is 38.9 Å². The lowest BCUT2D eigenvalue weighted by molar-refractivity contribution is 0.0941. The van der Waals surface area contributed by atoms with Gasteiger partial charge in [0.15, 0.2) is 10.8 Å². The molecule has 6 nitrogen and oxygen atoms in total. The molecule has 1 N–H and O–H groups in total. The number of furan rings is 1. The van der Waals surface area contributed by atoms with Crippen molar-refractivity contribution in [3.05, 3.63) is 57.9 Å². The summed E-state index contributed by atoms with van der Waals surface area (Å²) >= 11 is 11.3. The minimum atomic E-state index is -4.12. The van der Waals surface area contributed by atoms with Gasteiger partial charge in [-0.15, -0.1) is 0 Å². The number of rotatable bonds is 5. The van der Waals surface area contributed by atoms with Gasteiger partial charge in [-0.3, -0.25) is 4.79 Å². The van der Waals surface area contributed by atoms with E-state index in [0.29, 0.717) is 5.75 Å². The van der Waals surface area contributed by atoms with Crippen molar-refractivity contribution in [2.24, 2.45) is 0 Å². The molecule has 2 rings (SSSR count). The maximum absolute atomic E-state index is 12.6. The summed E-state index contributed by atoms with van der Waals surface area (Å²) < 4.78 is 34.4. The van der Waals surface area contributed by atoms with E-state index in [1.54, 1.807) is 0 Å². The smallest absolute Gasteiger partial charge is 0.291 e. The van der Waals surface area contributed by atoms with Crippen LogP contribution in [0.2, 0.25) is 0 Å². The molecule has 0 saturated carbocycles. The summed E-state index contributed by atoms with van der Waals surface area (Å²) in [5, 5.41) is 1.52. The first kappa shape index (κ1) is 17.4. The zero-order chi connectivity index (χ0) is 17.0. The average molecular weight is 376 g/mol. The molecule has 0 radical (unpaired) electrons. The maximum atomic E-state index is 12.6. The summed E-state index contributed by atoms with van der Waals surface area (Å²) in [5.74, 6) is -0.394. The zero-order valence-corrected chi connectivity index (χ0v) is 14.1. The third kappa shape index (κ3) is 3.87. The summed E-state index contributed by atoms with van der Waals surface area (Å²) in [7, 11) is -2.67. The van der Waals surface area contributed by atoms with Crippen LogP contribution in [0.25, 0.3) is 0 Å². The van der Waals surface area contributed by atoms with Crippen LogP contribution in [-0.2, 0) is 9.84 Å². The van der Waals surface area contributed by atoms with Crippen molar-refractivity contribution < 1.29 is 22.4 Å². The van der Waals surface area contributed by atoms with Crippen molar-refractivity contribution in [1.82, 2.24) is 5.32 Å². The van der Waals surface area contributed by atoms with Gasteiger partial charge >= 0.3 is 0 Å². The SMILES string of the molecule is COc1ccc(S(=O)(=O)C(NC(=O)c2ccco2)=C(Cl)Cl)cc1. The second-order valence-corrected chi connectivity index (χ2v) is 7.04. The Bertz CT molecular complexity index is 823. The molecule has 2 aromatic rings. The molecule has 0 unspecified atom stereocenters. The topological polar surface area (TPSA) is 85.6 Å². The maximum Gasteiger partial charge on any atom is 0.291 e. The Kier molecular flexibility index (Phi) is 5.35. The lowest BCUT2D eigenvalue weighted by atomic mass is 10.3. The van der Waals surface area contributed by atoms with Crippen LogP contribution in [0.1, 0.15) is 10.6 Å². The summed E-state index contributed by atoms with van der Waals surface area (Å²) in [4.78, 5) is 11.9. The van der Waals surface area contributed by atoms with Gasteiger partial charge in [0.1, 0.15) is 10.2 Å². The van der Waals surface area contributed by atoms with Gasteiger partial charge in [-0.25, -0.2) is 8.42 Å². The number of methoxy groups -OCH3 is 1. The van der Waals surface area contributed by atoms with Gasteiger partial charge in [0.25, 0.3) is 5.91 Å². The minimum absolute atomic E-state index is 0.0815. The molecule has 0 fully saturated rings. The largest absolute Gasteiger partial charge is 0.497 e. The molecule has 0 bridgehead atoms. The van der Waals surface area contributed by atoms with Crippen LogP contribution in [0.4, 0.5) is 0 Å². The van der Waals surface area contributed by atoms with Gasteiger partial charge in [0, 0.05) is 0 Å². The average Bonchev–Trinajstić information content (AvgIpc) is 3.06. The molecule has 0 spiro atoms. The van der Waals surface area contributed by atoms with Gasteiger partial charge in [0.05, 0.1) is 18.3 Å². The quantitative estimate of drug-likeness (QED) is 0.867. The highest BCUT2D eigenvalue weighted by Gasteiger charge is 2.27. The Labute approximate surface area is 142 Å². The number of amides is 1. The highest BCUT2D eigenvalue weighted by Crippen LogP contribution is 2.26. The molecule has 0 aliphatic carbocycles. The number of sulfone groups is 1. The van der Waals surface area contributed by atoms with Crippen LogP contribution in [0, 0.1) is 0 Å². The molecule has 122 valence electrons. The lowest BCUT2D eigenvalue weighted by Crippen LogP contribution is -2.27. The van der Waals surface area contributed by atoms with E-state index in [0.717, 1.165) is 0 Å². The standard InChI is InChI=1S/C14H11Cl2NO5S/c1-21-9-4-6-10(7-5-9)23(19,20)14(12(15)16)17-13(18)11-3-2-8-22-11/h2-8H,1H3,(H,17,18). The first-order chi connectivity index (χ1) is 10.9. The Morgan fingerprint density at radius 1 is 1.17 bits per heavy atom. The van der Waals surface area contributed by atoms with E-state index in [4.69, 9.17) is 32.4 Å². The van der Waals surface area contributed by atoms with E-state index in [1.165, 1.54) is 49.8 Å². The van der Waals surface area contributed by atoms with E-state index in [9.17, 15) is 13.2 Å². The number of hydrogen-bond acceptors (Lipinski definition) is 5. The number of halogens is 2. The van der Waals surface area contributed by atoms with Crippen molar-refractivity contribution in [2.75, 3.05) is 7.11 Å². The Hall–Kier alpha value is -1.96. The van der Waals surface area contributed by atoms with Gasteiger partial charge in [-0.05, 0) is 36.4 Å². The number of carbonyl (C=O) groups excluding carboxylic acids is 1. The number of hydrogen-bond donors (Lipinski definition) is 1. The fourth-order valence-electron chi connectivity index (χ4n) is 1.66. The van der Waals surface area contributed by atoms with E-state index in [1.807, 2.05) is 0 Å². The third-order valence-corrected chi connectivity index (χ3v) is 5.12. The van der Waals surface area contributed by atoms with Gasteiger partial charge < -0.3 is 14.5 Å². The number of carbonyl (C=O) groups is 1. The molecule has 1 aromatic carbocycles. The Balaban J connectivity index is 2.36. The monoisotopic (exact) mass is 375 g/mol.